The lowest BCUT2D eigenvalue weighted by molar-refractivity contribution is 0.0962. The van der Waals surface area contributed by atoms with Gasteiger partial charge in [-0.05, 0) is 36.4 Å². The SMILES string of the molecule is Nc1ccccc1NNC(=O)c1ccc(Cl)cc1. The van der Waals surface area contributed by atoms with E-state index in [1.54, 1.807) is 36.4 Å². The zero-order valence-electron chi connectivity index (χ0n) is 9.48. The summed E-state index contributed by atoms with van der Waals surface area (Å²) in [6, 6.07) is 13.8. The Labute approximate surface area is 110 Å². The smallest absolute Gasteiger partial charge is 0.269 e. The normalized spacial score (nSPS) is 9.83. The molecule has 4 nitrogen and oxygen atoms in total. The minimum atomic E-state index is -0.255. The van der Waals surface area contributed by atoms with Crippen molar-refractivity contribution in [2.45, 2.75) is 0 Å². The summed E-state index contributed by atoms with van der Waals surface area (Å²) in [6.07, 6.45) is 0. The number of hydrazine groups is 1. The van der Waals surface area contributed by atoms with Gasteiger partial charge in [-0.3, -0.25) is 15.6 Å². The van der Waals surface area contributed by atoms with E-state index in [0.29, 0.717) is 22.0 Å². The number of halogens is 1. The molecule has 0 aromatic heterocycles. The Morgan fingerprint density at radius 2 is 1.72 bits per heavy atom. The van der Waals surface area contributed by atoms with Crippen molar-refractivity contribution in [2.75, 3.05) is 11.2 Å². The number of carbonyl (C=O) groups excluding carboxylic acids is 1. The number of anilines is 2. The minimum Gasteiger partial charge on any atom is -0.397 e. The first-order valence-electron chi connectivity index (χ1n) is 5.33. The van der Waals surface area contributed by atoms with Crippen molar-refractivity contribution >= 4 is 28.9 Å². The average molecular weight is 262 g/mol. The Morgan fingerprint density at radius 3 is 2.39 bits per heavy atom. The molecular formula is C13H12ClN3O. The lowest BCUT2D eigenvalue weighted by atomic mass is 10.2. The van der Waals surface area contributed by atoms with Crippen LogP contribution in [-0.2, 0) is 0 Å². The molecule has 0 aliphatic rings. The quantitative estimate of drug-likeness (QED) is 0.588. The number of nitrogens with two attached hydrogens (primary N) is 1. The second kappa shape index (κ2) is 5.42. The largest absolute Gasteiger partial charge is 0.397 e. The third kappa shape index (κ3) is 2.93. The zero-order valence-corrected chi connectivity index (χ0v) is 10.2. The van der Waals surface area contributed by atoms with Crippen LogP contribution in [0.15, 0.2) is 48.5 Å². The maximum atomic E-state index is 11.8. The second-order valence-electron chi connectivity index (χ2n) is 3.67. The van der Waals surface area contributed by atoms with Crippen LogP contribution in [0.2, 0.25) is 5.02 Å². The van der Waals surface area contributed by atoms with Crippen LogP contribution in [-0.4, -0.2) is 5.91 Å². The van der Waals surface area contributed by atoms with Crippen LogP contribution in [0.3, 0.4) is 0 Å². The number of para-hydroxylation sites is 2. The highest BCUT2D eigenvalue weighted by molar-refractivity contribution is 6.30. The number of nitrogen functional groups attached to an aromatic ring is 1. The summed E-state index contributed by atoms with van der Waals surface area (Å²) in [7, 11) is 0. The van der Waals surface area contributed by atoms with Crippen molar-refractivity contribution in [3.8, 4) is 0 Å². The number of nitrogens with one attached hydrogen (secondary N) is 2. The second-order valence-corrected chi connectivity index (χ2v) is 4.11. The first-order valence-corrected chi connectivity index (χ1v) is 5.71. The molecule has 2 rings (SSSR count). The molecule has 5 heteroatoms. The predicted octanol–water partition coefficient (Wildman–Crippen LogP) is 2.68. The molecule has 0 radical (unpaired) electrons. The van der Waals surface area contributed by atoms with Crippen LogP contribution >= 0.6 is 11.6 Å². The molecule has 18 heavy (non-hydrogen) atoms. The number of carbonyl (C=O) groups is 1. The van der Waals surface area contributed by atoms with Gasteiger partial charge in [0, 0.05) is 10.6 Å². The maximum absolute atomic E-state index is 11.8. The fourth-order valence-electron chi connectivity index (χ4n) is 1.41. The van der Waals surface area contributed by atoms with Crippen molar-refractivity contribution in [2.24, 2.45) is 0 Å². The standard InChI is InChI=1S/C13H12ClN3O/c14-10-7-5-9(6-8-10)13(18)17-16-12-4-2-1-3-11(12)15/h1-8,16H,15H2,(H,17,18). The number of benzene rings is 2. The van der Waals surface area contributed by atoms with Crippen LogP contribution in [0.1, 0.15) is 10.4 Å². The number of hydrogen-bond acceptors (Lipinski definition) is 3. The molecular weight excluding hydrogens is 250 g/mol. The highest BCUT2D eigenvalue weighted by atomic mass is 35.5. The summed E-state index contributed by atoms with van der Waals surface area (Å²) < 4.78 is 0. The number of amides is 1. The van der Waals surface area contributed by atoms with Gasteiger partial charge in [0.15, 0.2) is 0 Å². The Balaban J connectivity index is 2.01. The van der Waals surface area contributed by atoms with Gasteiger partial charge in [-0.1, -0.05) is 23.7 Å². The zero-order chi connectivity index (χ0) is 13.0. The molecule has 2 aromatic rings. The lowest BCUT2D eigenvalue weighted by Crippen LogP contribution is -2.29. The maximum Gasteiger partial charge on any atom is 0.269 e. The van der Waals surface area contributed by atoms with Crippen LogP contribution in [0.5, 0.6) is 0 Å². The monoisotopic (exact) mass is 261 g/mol. The fraction of sp³-hybridized carbons (Fsp3) is 0. The molecule has 0 heterocycles. The third-order valence-electron chi connectivity index (χ3n) is 2.38. The summed E-state index contributed by atoms with van der Waals surface area (Å²) in [6.45, 7) is 0. The summed E-state index contributed by atoms with van der Waals surface area (Å²) >= 11 is 5.75. The summed E-state index contributed by atoms with van der Waals surface area (Å²) in [5.41, 5.74) is 12.8. The highest BCUT2D eigenvalue weighted by Gasteiger charge is 2.05. The Bertz CT molecular complexity index is 554. The van der Waals surface area contributed by atoms with E-state index in [0.717, 1.165) is 0 Å². The van der Waals surface area contributed by atoms with Crippen molar-refractivity contribution in [1.29, 1.82) is 0 Å². The van der Waals surface area contributed by atoms with Crippen LogP contribution in [0.25, 0.3) is 0 Å². The molecule has 0 spiro atoms. The van der Waals surface area contributed by atoms with E-state index in [4.69, 9.17) is 17.3 Å². The van der Waals surface area contributed by atoms with Crippen molar-refractivity contribution in [3.05, 3.63) is 59.1 Å². The van der Waals surface area contributed by atoms with Crippen molar-refractivity contribution in [3.63, 3.8) is 0 Å². The van der Waals surface area contributed by atoms with Gasteiger partial charge in [-0.15, -0.1) is 0 Å². The molecule has 1 amide bonds. The minimum absolute atomic E-state index is 0.255. The van der Waals surface area contributed by atoms with Gasteiger partial charge in [0.2, 0.25) is 0 Å². The van der Waals surface area contributed by atoms with Gasteiger partial charge in [-0.25, -0.2) is 0 Å². The van der Waals surface area contributed by atoms with E-state index in [9.17, 15) is 4.79 Å². The average Bonchev–Trinajstić information content (AvgIpc) is 2.38. The summed E-state index contributed by atoms with van der Waals surface area (Å²) in [4.78, 5) is 11.8. The molecule has 0 saturated heterocycles. The van der Waals surface area contributed by atoms with Gasteiger partial charge in [-0.2, -0.15) is 0 Å². The van der Waals surface area contributed by atoms with Gasteiger partial charge in [0.1, 0.15) is 0 Å². The van der Waals surface area contributed by atoms with E-state index in [1.807, 2.05) is 12.1 Å². The lowest BCUT2D eigenvalue weighted by Gasteiger charge is -2.10. The molecule has 0 unspecified atom stereocenters. The topological polar surface area (TPSA) is 67.2 Å². The first kappa shape index (κ1) is 12.3. The summed E-state index contributed by atoms with van der Waals surface area (Å²) in [5, 5.41) is 0.590. The molecule has 0 atom stereocenters. The van der Waals surface area contributed by atoms with E-state index >= 15 is 0 Å². The molecule has 4 N–H and O–H groups in total. The van der Waals surface area contributed by atoms with E-state index in [1.165, 1.54) is 0 Å². The van der Waals surface area contributed by atoms with Gasteiger partial charge >= 0.3 is 0 Å². The van der Waals surface area contributed by atoms with Crippen molar-refractivity contribution < 1.29 is 4.79 Å². The Morgan fingerprint density at radius 1 is 1.06 bits per heavy atom. The van der Waals surface area contributed by atoms with Crippen LogP contribution in [0, 0.1) is 0 Å². The molecule has 0 bridgehead atoms. The molecule has 0 aliphatic carbocycles. The van der Waals surface area contributed by atoms with E-state index in [-0.39, 0.29) is 5.91 Å². The van der Waals surface area contributed by atoms with E-state index < -0.39 is 0 Å². The molecule has 0 fully saturated rings. The summed E-state index contributed by atoms with van der Waals surface area (Å²) in [5.74, 6) is -0.255. The Hall–Kier alpha value is -2.20. The molecule has 2 aromatic carbocycles. The van der Waals surface area contributed by atoms with Gasteiger partial charge < -0.3 is 5.73 Å². The number of hydrogen-bond donors (Lipinski definition) is 3. The van der Waals surface area contributed by atoms with Gasteiger partial charge in [0.05, 0.1) is 11.4 Å². The third-order valence-corrected chi connectivity index (χ3v) is 2.63. The van der Waals surface area contributed by atoms with E-state index in [2.05, 4.69) is 10.9 Å². The first-order chi connectivity index (χ1) is 8.66. The molecule has 92 valence electrons. The number of rotatable bonds is 3. The van der Waals surface area contributed by atoms with Crippen LogP contribution in [0.4, 0.5) is 11.4 Å². The molecule has 0 saturated carbocycles. The predicted molar refractivity (Wildman–Crippen MR) is 73.4 cm³/mol. The van der Waals surface area contributed by atoms with Crippen molar-refractivity contribution in [1.82, 2.24) is 5.43 Å². The van der Waals surface area contributed by atoms with Gasteiger partial charge in [0.25, 0.3) is 5.91 Å². The molecule has 0 aliphatic heterocycles. The van der Waals surface area contributed by atoms with Crippen LogP contribution < -0.4 is 16.6 Å². The fourth-order valence-corrected chi connectivity index (χ4v) is 1.53. The highest BCUT2D eigenvalue weighted by Crippen LogP contribution is 2.15. The Kier molecular flexibility index (Phi) is 3.69.